The number of carbonyl (C=O) groups is 1. The van der Waals surface area contributed by atoms with E-state index in [0.717, 1.165) is 38.2 Å². The Morgan fingerprint density at radius 3 is 2.39 bits per heavy atom. The van der Waals surface area contributed by atoms with Gasteiger partial charge in [0.2, 0.25) is 0 Å². The van der Waals surface area contributed by atoms with Gasteiger partial charge in [0.15, 0.2) is 0 Å². The third-order valence-electron chi connectivity index (χ3n) is 6.76. The molecule has 0 bridgehead atoms. The highest BCUT2D eigenvalue weighted by atomic mass is 16.2. The molecule has 2 aliphatic heterocycles. The number of hydrogen-bond acceptors (Lipinski definition) is 4. The van der Waals surface area contributed by atoms with Gasteiger partial charge in [0, 0.05) is 37.8 Å². The molecule has 1 aromatic rings. The van der Waals surface area contributed by atoms with E-state index in [1.165, 1.54) is 19.3 Å². The van der Waals surface area contributed by atoms with Crippen molar-refractivity contribution in [3.8, 4) is 0 Å². The second kappa shape index (κ2) is 9.25. The summed E-state index contributed by atoms with van der Waals surface area (Å²) in [6.07, 6.45) is 7.86. The lowest BCUT2D eigenvalue weighted by molar-refractivity contribution is 0.0938. The Hall–Kier alpha value is -1.63. The van der Waals surface area contributed by atoms with E-state index >= 15 is 0 Å². The molecule has 0 radical (unpaired) electrons. The molecule has 2 aliphatic rings. The molecule has 1 aromatic heterocycles. The number of nitrogens with zero attached hydrogens (tertiary/aromatic N) is 5. The topological polar surface area (TPSA) is 66.3 Å². The second-order valence-electron chi connectivity index (χ2n) is 9.19. The number of urea groups is 1. The zero-order valence-electron chi connectivity index (χ0n) is 18.3. The Kier molecular flexibility index (Phi) is 6.96. The Balaban J connectivity index is 1.51. The van der Waals surface area contributed by atoms with E-state index in [9.17, 15) is 4.79 Å². The van der Waals surface area contributed by atoms with E-state index in [2.05, 4.69) is 61.3 Å². The molecule has 2 amide bonds. The van der Waals surface area contributed by atoms with Crippen LogP contribution in [0.15, 0.2) is 6.20 Å². The fourth-order valence-corrected chi connectivity index (χ4v) is 4.32. The van der Waals surface area contributed by atoms with E-state index in [-0.39, 0.29) is 12.1 Å². The van der Waals surface area contributed by atoms with Crippen LogP contribution in [0, 0.1) is 5.92 Å². The fourth-order valence-electron chi connectivity index (χ4n) is 4.32. The number of hydrogen-bond donors (Lipinski definition) is 1. The second-order valence-corrected chi connectivity index (χ2v) is 9.19. The number of likely N-dealkylation sites (tertiary alicyclic amines) is 2. The van der Waals surface area contributed by atoms with Crippen molar-refractivity contribution in [1.29, 1.82) is 0 Å². The van der Waals surface area contributed by atoms with Gasteiger partial charge >= 0.3 is 6.03 Å². The molecule has 158 valence electrons. The third-order valence-corrected chi connectivity index (χ3v) is 6.76. The minimum absolute atomic E-state index is 0.0620. The average molecular weight is 391 g/mol. The van der Waals surface area contributed by atoms with Crippen molar-refractivity contribution in [3.63, 3.8) is 0 Å². The summed E-state index contributed by atoms with van der Waals surface area (Å²) in [5.74, 6) is 0.445. The van der Waals surface area contributed by atoms with Crippen LogP contribution in [-0.2, 0) is 6.54 Å². The van der Waals surface area contributed by atoms with Gasteiger partial charge in [-0.2, -0.15) is 0 Å². The normalized spacial score (nSPS) is 25.9. The lowest BCUT2D eigenvalue weighted by atomic mass is 9.97. The highest BCUT2D eigenvalue weighted by Crippen LogP contribution is 2.25. The molecule has 0 unspecified atom stereocenters. The largest absolute Gasteiger partial charge is 0.335 e. The quantitative estimate of drug-likeness (QED) is 0.836. The first-order valence-corrected chi connectivity index (χ1v) is 11.1. The van der Waals surface area contributed by atoms with E-state index in [0.29, 0.717) is 24.0 Å². The Bertz CT molecular complexity index is 627. The smallest absolute Gasteiger partial charge is 0.317 e. The van der Waals surface area contributed by atoms with Crippen LogP contribution < -0.4 is 5.32 Å². The molecule has 28 heavy (non-hydrogen) atoms. The molecule has 0 aliphatic carbocycles. The molecule has 3 rings (SSSR count). The first-order chi connectivity index (χ1) is 13.3. The summed E-state index contributed by atoms with van der Waals surface area (Å²) in [5, 5.41) is 12.0. The maximum Gasteiger partial charge on any atom is 0.317 e. The Morgan fingerprint density at radius 1 is 1.14 bits per heavy atom. The van der Waals surface area contributed by atoms with Crippen molar-refractivity contribution in [2.75, 3.05) is 13.1 Å². The van der Waals surface area contributed by atoms with Gasteiger partial charge in [-0.25, -0.2) is 9.48 Å². The molecular weight excluding hydrogens is 352 g/mol. The zero-order chi connectivity index (χ0) is 20.3. The van der Waals surface area contributed by atoms with Crippen LogP contribution in [0.3, 0.4) is 0 Å². The van der Waals surface area contributed by atoms with Gasteiger partial charge in [0.25, 0.3) is 0 Å². The minimum atomic E-state index is 0.0620. The number of rotatable bonds is 5. The average Bonchev–Trinajstić information content (AvgIpc) is 3.13. The molecular formula is C21H38N6O. The highest BCUT2D eigenvalue weighted by Gasteiger charge is 2.28. The molecule has 3 heterocycles. The van der Waals surface area contributed by atoms with Crippen molar-refractivity contribution in [3.05, 3.63) is 11.9 Å². The van der Waals surface area contributed by atoms with E-state index in [1.54, 1.807) is 0 Å². The molecule has 1 N–H and O–H groups in total. The van der Waals surface area contributed by atoms with Crippen LogP contribution in [0.2, 0.25) is 0 Å². The van der Waals surface area contributed by atoms with Crippen LogP contribution in [0.1, 0.15) is 78.5 Å². The lowest BCUT2D eigenvalue weighted by Gasteiger charge is -2.38. The van der Waals surface area contributed by atoms with Crippen LogP contribution in [0.25, 0.3) is 0 Å². The van der Waals surface area contributed by atoms with Crippen LogP contribution in [-0.4, -0.2) is 62.0 Å². The Labute approximate surface area is 169 Å². The molecule has 2 fully saturated rings. The zero-order valence-corrected chi connectivity index (χ0v) is 18.3. The van der Waals surface area contributed by atoms with Gasteiger partial charge in [-0.15, -0.1) is 5.10 Å². The minimum Gasteiger partial charge on any atom is -0.335 e. The van der Waals surface area contributed by atoms with Gasteiger partial charge in [-0.3, -0.25) is 4.90 Å². The van der Waals surface area contributed by atoms with E-state index in [4.69, 9.17) is 0 Å². The highest BCUT2D eigenvalue weighted by molar-refractivity contribution is 5.74. The summed E-state index contributed by atoms with van der Waals surface area (Å²) >= 11 is 0. The molecule has 7 nitrogen and oxygen atoms in total. The molecule has 2 saturated heterocycles. The summed E-state index contributed by atoms with van der Waals surface area (Å²) in [5.41, 5.74) is 1.06. The summed E-state index contributed by atoms with van der Waals surface area (Å²) in [6.45, 7) is 13.4. The number of nitrogens with one attached hydrogen (secondary N) is 1. The third kappa shape index (κ3) is 5.04. The fraction of sp³-hybridized carbons (Fsp3) is 0.857. The predicted molar refractivity (Wildman–Crippen MR) is 111 cm³/mol. The molecule has 0 saturated carbocycles. The molecule has 0 aromatic carbocycles. The summed E-state index contributed by atoms with van der Waals surface area (Å²) < 4.78 is 2.03. The molecule has 7 heteroatoms. The number of piperidine rings is 2. The van der Waals surface area contributed by atoms with Crippen LogP contribution in [0.4, 0.5) is 4.79 Å². The Morgan fingerprint density at radius 2 is 1.79 bits per heavy atom. The number of amides is 2. The van der Waals surface area contributed by atoms with Crippen LogP contribution in [0.5, 0.6) is 0 Å². The van der Waals surface area contributed by atoms with Crippen molar-refractivity contribution in [2.24, 2.45) is 5.92 Å². The molecule has 3 atom stereocenters. The number of carbonyl (C=O) groups excluding carboxylic acids is 1. The first kappa shape index (κ1) is 21.1. The van der Waals surface area contributed by atoms with Gasteiger partial charge < -0.3 is 10.2 Å². The lowest BCUT2D eigenvalue weighted by Crippen LogP contribution is -2.48. The maximum atomic E-state index is 12.4. The summed E-state index contributed by atoms with van der Waals surface area (Å²) in [4.78, 5) is 16.9. The predicted octanol–water partition coefficient (Wildman–Crippen LogP) is 3.43. The van der Waals surface area contributed by atoms with Crippen LogP contribution >= 0.6 is 0 Å². The van der Waals surface area contributed by atoms with Crippen molar-refractivity contribution < 1.29 is 4.79 Å². The summed E-state index contributed by atoms with van der Waals surface area (Å²) in [6, 6.07) is 1.83. The monoisotopic (exact) mass is 390 g/mol. The maximum absolute atomic E-state index is 12.4. The number of aromatic nitrogens is 3. The SMILES string of the molecule is CC(C)[C@@H](C)NC(=O)N1CCC(n2cc(CN3[C@H](C)CCC[C@@H]3C)nn2)CC1. The van der Waals surface area contributed by atoms with Crippen molar-refractivity contribution in [2.45, 2.75) is 97.4 Å². The van der Waals surface area contributed by atoms with E-state index in [1.807, 2.05) is 9.58 Å². The van der Waals surface area contributed by atoms with Gasteiger partial charge in [0.1, 0.15) is 0 Å². The van der Waals surface area contributed by atoms with Crippen molar-refractivity contribution >= 4 is 6.03 Å². The van der Waals surface area contributed by atoms with Crippen molar-refractivity contribution in [1.82, 2.24) is 30.1 Å². The van der Waals surface area contributed by atoms with Gasteiger partial charge in [-0.05, 0) is 52.4 Å². The molecule has 0 spiro atoms. The van der Waals surface area contributed by atoms with E-state index < -0.39 is 0 Å². The standard InChI is InChI=1S/C21H38N6O/c1-15(2)18(5)22-21(28)25-11-9-20(10-12-25)27-14-19(23-24-27)13-26-16(3)7-6-8-17(26)4/h14-18,20H,6-13H2,1-5H3,(H,22,28)/t16-,17+,18-/m1/s1. The first-order valence-electron chi connectivity index (χ1n) is 11.1. The van der Waals surface area contributed by atoms with Gasteiger partial charge in [0.05, 0.1) is 17.9 Å². The summed E-state index contributed by atoms with van der Waals surface area (Å²) in [7, 11) is 0. The van der Waals surface area contributed by atoms with Gasteiger partial charge in [-0.1, -0.05) is 25.5 Å².